The molecule has 3 aromatic rings. The lowest BCUT2D eigenvalue weighted by molar-refractivity contribution is -0.139. The van der Waals surface area contributed by atoms with Crippen LogP contribution in [0.2, 0.25) is 0 Å². The summed E-state index contributed by atoms with van der Waals surface area (Å²) < 4.78 is 12.4. The van der Waals surface area contributed by atoms with Crippen LogP contribution >= 0.6 is 23.1 Å². The van der Waals surface area contributed by atoms with Crippen LogP contribution < -0.4 is 19.6 Å². The summed E-state index contributed by atoms with van der Waals surface area (Å²) in [5.41, 5.74) is 2.04. The van der Waals surface area contributed by atoms with E-state index in [1.165, 1.54) is 24.5 Å². The van der Waals surface area contributed by atoms with Crippen LogP contribution in [0.3, 0.4) is 0 Å². The van der Waals surface area contributed by atoms with Crippen molar-refractivity contribution in [3.63, 3.8) is 0 Å². The Morgan fingerprint density at radius 1 is 1.26 bits per heavy atom. The molecule has 0 fully saturated rings. The molecule has 0 saturated carbocycles. The third-order valence-electron chi connectivity index (χ3n) is 5.45. The predicted octanol–water partition coefficient (Wildman–Crippen LogP) is 3.23. The normalized spacial score (nSPS) is 15.6. The molecule has 1 aliphatic rings. The van der Waals surface area contributed by atoms with Gasteiger partial charge in [-0.05, 0) is 61.6 Å². The Bertz CT molecular complexity index is 1450. The maximum atomic E-state index is 13.6. The van der Waals surface area contributed by atoms with Crippen molar-refractivity contribution < 1.29 is 19.4 Å². The number of aromatic nitrogens is 1. The number of carbonyl (C=O) groups is 1. The summed E-state index contributed by atoms with van der Waals surface area (Å²) in [6.07, 6.45) is 3.68. The lowest BCUT2D eigenvalue weighted by Gasteiger charge is -2.24. The Balaban J connectivity index is 1.92. The van der Waals surface area contributed by atoms with Crippen molar-refractivity contribution in [1.29, 1.82) is 0 Å². The van der Waals surface area contributed by atoms with Crippen LogP contribution in [-0.4, -0.2) is 35.6 Å². The van der Waals surface area contributed by atoms with E-state index in [2.05, 4.69) is 4.99 Å². The molecule has 0 amide bonds. The minimum absolute atomic E-state index is 0.0174. The summed E-state index contributed by atoms with van der Waals surface area (Å²) in [5, 5.41) is 10.1. The van der Waals surface area contributed by atoms with Crippen LogP contribution in [0.5, 0.6) is 11.5 Å². The second-order valence-electron chi connectivity index (χ2n) is 7.51. The number of esters is 1. The number of phenols is 1. The summed E-state index contributed by atoms with van der Waals surface area (Å²) in [4.78, 5) is 32.7. The molecule has 0 aliphatic carbocycles. The van der Waals surface area contributed by atoms with E-state index in [-0.39, 0.29) is 17.9 Å². The zero-order valence-electron chi connectivity index (χ0n) is 19.2. The zero-order chi connectivity index (χ0) is 24.4. The van der Waals surface area contributed by atoms with Gasteiger partial charge in [-0.2, -0.15) is 0 Å². The average molecular weight is 497 g/mol. The predicted molar refractivity (Wildman–Crippen MR) is 133 cm³/mol. The van der Waals surface area contributed by atoms with Gasteiger partial charge in [0.05, 0.1) is 35.6 Å². The molecule has 34 heavy (non-hydrogen) atoms. The van der Waals surface area contributed by atoms with Crippen LogP contribution in [0.15, 0.2) is 68.4 Å². The van der Waals surface area contributed by atoms with Crippen molar-refractivity contribution in [3.05, 3.63) is 84.5 Å². The first-order valence-corrected chi connectivity index (χ1v) is 12.6. The minimum atomic E-state index is -0.655. The van der Waals surface area contributed by atoms with E-state index in [0.717, 1.165) is 10.5 Å². The Morgan fingerprint density at radius 3 is 2.62 bits per heavy atom. The van der Waals surface area contributed by atoms with Gasteiger partial charge in [0, 0.05) is 4.90 Å². The molecule has 2 heterocycles. The third-order valence-corrected chi connectivity index (χ3v) is 7.18. The van der Waals surface area contributed by atoms with Crippen molar-refractivity contribution in [1.82, 2.24) is 4.57 Å². The van der Waals surface area contributed by atoms with Gasteiger partial charge in [-0.3, -0.25) is 9.36 Å². The first kappa shape index (κ1) is 23.8. The highest BCUT2D eigenvalue weighted by Crippen LogP contribution is 2.32. The molecule has 176 valence electrons. The van der Waals surface area contributed by atoms with E-state index in [1.54, 1.807) is 48.4 Å². The molecule has 1 N–H and O–H groups in total. The van der Waals surface area contributed by atoms with E-state index in [9.17, 15) is 14.7 Å². The van der Waals surface area contributed by atoms with Crippen LogP contribution in [0.1, 0.15) is 31.0 Å². The molecule has 2 aromatic carbocycles. The lowest BCUT2D eigenvalue weighted by atomic mass is 9.96. The molecule has 0 radical (unpaired) electrons. The summed E-state index contributed by atoms with van der Waals surface area (Å²) in [5.74, 6) is -0.157. The number of carbonyl (C=O) groups excluding carboxylic acids is 1. The van der Waals surface area contributed by atoms with Crippen molar-refractivity contribution in [3.8, 4) is 11.5 Å². The maximum absolute atomic E-state index is 13.6. The number of hydrogen-bond acceptors (Lipinski definition) is 8. The Morgan fingerprint density at radius 2 is 2.00 bits per heavy atom. The number of phenolic OH excluding ortho intramolecular Hbond substituents is 1. The number of benzene rings is 2. The second kappa shape index (κ2) is 9.90. The Labute approximate surface area is 204 Å². The van der Waals surface area contributed by atoms with Gasteiger partial charge in [0.15, 0.2) is 16.3 Å². The quantitative estimate of drug-likeness (QED) is 0.416. The van der Waals surface area contributed by atoms with Gasteiger partial charge in [-0.15, -0.1) is 11.8 Å². The largest absolute Gasteiger partial charge is 0.504 e. The van der Waals surface area contributed by atoms with E-state index in [4.69, 9.17) is 9.47 Å². The van der Waals surface area contributed by atoms with E-state index in [0.29, 0.717) is 31.9 Å². The molecular formula is C25H24N2O5S2. The van der Waals surface area contributed by atoms with Crippen LogP contribution in [-0.2, 0) is 9.53 Å². The molecular weight excluding hydrogens is 472 g/mol. The molecule has 4 rings (SSSR count). The highest BCUT2D eigenvalue weighted by atomic mass is 32.2. The molecule has 7 nitrogen and oxygen atoms in total. The molecule has 0 bridgehead atoms. The Kier molecular flexibility index (Phi) is 6.95. The number of fused-ring (bicyclic) bond motifs is 1. The second-order valence-corrected chi connectivity index (χ2v) is 9.40. The fourth-order valence-electron chi connectivity index (χ4n) is 3.84. The molecule has 1 unspecified atom stereocenters. The lowest BCUT2D eigenvalue weighted by Crippen LogP contribution is -2.39. The van der Waals surface area contributed by atoms with Gasteiger partial charge in [-0.25, -0.2) is 9.79 Å². The first-order valence-electron chi connectivity index (χ1n) is 10.6. The van der Waals surface area contributed by atoms with E-state index < -0.39 is 12.0 Å². The number of thioether (sulfide) groups is 1. The number of aromatic hydroxyl groups is 1. The van der Waals surface area contributed by atoms with Crippen LogP contribution in [0.25, 0.3) is 6.08 Å². The number of methoxy groups -OCH3 is 1. The van der Waals surface area contributed by atoms with Crippen molar-refractivity contribution in [2.24, 2.45) is 4.99 Å². The van der Waals surface area contributed by atoms with Gasteiger partial charge in [0.1, 0.15) is 0 Å². The fraction of sp³-hybridized carbons (Fsp3) is 0.240. The molecule has 0 spiro atoms. The molecule has 1 aliphatic heterocycles. The van der Waals surface area contributed by atoms with Crippen LogP contribution in [0, 0.1) is 0 Å². The Hall–Kier alpha value is -3.30. The van der Waals surface area contributed by atoms with Crippen LogP contribution in [0.4, 0.5) is 0 Å². The number of thiazole rings is 1. The van der Waals surface area contributed by atoms with Gasteiger partial charge in [0.2, 0.25) is 0 Å². The number of allylic oxidation sites excluding steroid dienone is 1. The highest BCUT2D eigenvalue weighted by Gasteiger charge is 2.33. The maximum Gasteiger partial charge on any atom is 0.338 e. The molecule has 9 heteroatoms. The van der Waals surface area contributed by atoms with E-state index in [1.807, 2.05) is 30.5 Å². The summed E-state index contributed by atoms with van der Waals surface area (Å²) in [6, 6.07) is 12.0. The van der Waals surface area contributed by atoms with E-state index >= 15 is 0 Å². The number of nitrogens with zero attached hydrogens (tertiary/aromatic N) is 2. The minimum Gasteiger partial charge on any atom is -0.504 e. The average Bonchev–Trinajstić information content (AvgIpc) is 3.12. The number of ether oxygens (including phenoxy) is 2. The van der Waals surface area contributed by atoms with Gasteiger partial charge in [-0.1, -0.05) is 29.5 Å². The zero-order valence-corrected chi connectivity index (χ0v) is 20.8. The topological polar surface area (TPSA) is 90.1 Å². The van der Waals surface area contributed by atoms with Gasteiger partial charge < -0.3 is 14.6 Å². The number of rotatable bonds is 6. The third kappa shape index (κ3) is 4.41. The SMILES string of the molecule is CCOC(=O)C1=C(C)N=c2s/c(=C\c3ccc(OC)c(O)c3)c(=O)n2C1c1ccc(SC)cc1. The van der Waals surface area contributed by atoms with Gasteiger partial charge in [0.25, 0.3) is 5.56 Å². The summed E-state index contributed by atoms with van der Waals surface area (Å²) >= 11 is 2.85. The van der Waals surface area contributed by atoms with Crippen molar-refractivity contribution >= 4 is 35.1 Å². The highest BCUT2D eigenvalue weighted by molar-refractivity contribution is 7.98. The van der Waals surface area contributed by atoms with Gasteiger partial charge >= 0.3 is 5.97 Å². The fourth-order valence-corrected chi connectivity index (χ4v) is 5.30. The standard InChI is InChI=1S/C25H24N2O5S2/c1-5-32-24(30)21-14(2)26-25-27(22(21)16-7-9-17(33-4)10-8-16)23(29)20(34-25)13-15-6-11-19(31-3)18(28)12-15/h6-13,22,28H,5H2,1-4H3/b20-13-. The molecule has 1 aromatic heterocycles. The molecule has 1 atom stereocenters. The number of hydrogen-bond donors (Lipinski definition) is 1. The summed E-state index contributed by atoms with van der Waals surface area (Å²) in [6.45, 7) is 3.73. The van der Waals surface area contributed by atoms with Crippen molar-refractivity contribution in [2.45, 2.75) is 24.8 Å². The molecule has 0 saturated heterocycles. The smallest absolute Gasteiger partial charge is 0.338 e. The monoisotopic (exact) mass is 496 g/mol. The summed E-state index contributed by atoms with van der Waals surface area (Å²) in [7, 11) is 1.47. The first-order chi connectivity index (χ1) is 16.4. The van der Waals surface area contributed by atoms with Crippen molar-refractivity contribution in [2.75, 3.05) is 20.0 Å².